The van der Waals surface area contributed by atoms with Crippen molar-refractivity contribution in [3.05, 3.63) is 28.8 Å². The standard InChI is InChI=1S/C14H17N5S2/c1-3-6-15-13-19-18-12(21-13)8-20-14-16-10-5-4-9(2)7-11(10)17-14/h4-5,7H,3,6,8H2,1-2H3,(H,15,19)(H,16,17). The van der Waals surface area contributed by atoms with E-state index in [1.54, 1.807) is 23.1 Å². The SMILES string of the molecule is CCCNc1nnc(CSc2nc3ccc(C)cc3[nH]2)s1. The smallest absolute Gasteiger partial charge is 0.205 e. The molecule has 2 N–H and O–H groups in total. The van der Waals surface area contributed by atoms with Crippen molar-refractivity contribution in [1.82, 2.24) is 20.2 Å². The summed E-state index contributed by atoms with van der Waals surface area (Å²) < 4.78 is 0. The molecule has 0 aliphatic rings. The van der Waals surface area contributed by atoms with Crippen LogP contribution in [0.3, 0.4) is 0 Å². The van der Waals surface area contributed by atoms with Gasteiger partial charge in [0.2, 0.25) is 5.13 Å². The van der Waals surface area contributed by atoms with E-state index >= 15 is 0 Å². The maximum absolute atomic E-state index is 4.57. The Kier molecular flexibility index (Phi) is 4.40. The molecule has 3 aromatic rings. The highest BCUT2D eigenvalue weighted by Crippen LogP contribution is 2.26. The lowest BCUT2D eigenvalue weighted by molar-refractivity contribution is 0.957. The number of imidazole rings is 1. The molecule has 2 heterocycles. The molecular weight excluding hydrogens is 302 g/mol. The Hall–Kier alpha value is -1.60. The lowest BCUT2D eigenvalue weighted by Crippen LogP contribution is -1.98. The number of nitrogens with zero attached hydrogens (tertiary/aromatic N) is 3. The quantitative estimate of drug-likeness (QED) is 0.676. The lowest BCUT2D eigenvalue weighted by atomic mass is 10.2. The molecule has 21 heavy (non-hydrogen) atoms. The molecule has 0 amide bonds. The molecule has 0 atom stereocenters. The summed E-state index contributed by atoms with van der Waals surface area (Å²) in [6.45, 7) is 5.15. The van der Waals surface area contributed by atoms with Crippen LogP contribution < -0.4 is 5.32 Å². The summed E-state index contributed by atoms with van der Waals surface area (Å²) >= 11 is 3.26. The number of H-pyrrole nitrogens is 1. The Morgan fingerprint density at radius 2 is 2.24 bits per heavy atom. The summed E-state index contributed by atoms with van der Waals surface area (Å²) in [5, 5.41) is 14.4. The van der Waals surface area contributed by atoms with Gasteiger partial charge in [0.25, 0.3) is 0 Å². The van der Waals surface area contributed by atoms with Crippen LogP contribution in [0.5, 0.6) is 0 Å². The summed E-state index contributed by atoms with van der Waals surface area (Å²) in [5.41, 5.74) is 3.32. The van der Waals surface area contributed by atoms with Gasteiger partial charge in [0.05, 0.1) is 16.8 Å². The van der Waals surface area contributed by atoms with E-state index in [1.807, 2.05) is 6.07 Å². The molecule has 7 heteroatoms. The number of aryl methyl sites for hydroxylation is 1. The number of nitrogens with one attached hydrogen (secondary N) is 2. The van der Waals surface area contributed by atoms with E-state index in [-0.39, 0.29) is 0 Å². The molecule has 3 rings (SSSR count). The normalized spacial score (nSPS) is 11.1. The first-order valence-electron chi connectivity index (χ1n) is 6.90. The van der Waals surface area contributed by atoms with Crippen molar-refractivity contribution in [2.45, 2.75) is 31.2 Å². The van der Waals surface area contributed by atoms with E-state index < -0.39 is 0 Å². The van der Waals surface area contributed by atoms with Gasteiger partial charge in [-0.3, -0.25) is 0 Å². The molecule has 110 valence electrons. The predicted molar refractivity (Wildman–Crippen MR) is 89.1 cm³/mol. The molecule has 0 bridgehead atoms. The second-order valence-electron chi connectivity index (χ2n) is 4.78. The molecule has 0 fully saturated rings. The molecule has 5 nitrogen and oxygen atoms in total. The molecule has 0 aliphatic heterocycles. The second-order valence-corrected chi connectivity index (χ2v) is 6.81. The van der Waals surface area contributed by atoms with Crippen LogP contribution >= 0.6 is 23.1 Å². The second kappa shape index (κ2) is 6.44. The number of fused-ring (bicyclic) bond motifs is 1. The molecule has 0 saturated heterocycles. The van der Waals surface area contributed by atoms with Gasteiger partial charge in [-0.25, -0.2) is 4.98 Å². The molecule has 0 radical (unpaired) electrons. The number of aromatic nitrogens is 4. The summed E-state index contributed by atoms with van der Waals surface area (Å²) in [6, 6.07) is 6.24. The average Bonchev–Trinajstić information content (AvgIpc) is 3.08. The Balaban J connectivity index is 1.64. The van der Waals surface area contributed by atoms with E-state index in [2.05, 4.69) is 51.5 Å². The topological polar surface area (TPSA) is 66.5 Å². The van der Waals surface area contributed by atoms with Gasteiger partial charge in [-0.05, 0) is 31.0 Å². The van der Waals surface area contributed by atoms with E-state index in [0.717, 1.165) is 45.0 Å². The molecule has 1 aromatic carbocycles. The number of hydrogen-bond acceptors (Lipinski definition) is 6. The van der Waals surface area contributed by atoms with Crippen molar-refractivity contribution >= 4 is 39.3 Å². The highest BCUT2D eigenvalue weighted by Gasteiger charge is 2.07. The van der Waals surface area contributed by atoms with Crippen molar-refractivity contribution in [3.8, 4) is 0 Å². The predicted octanol–water partition coefficient (Wildman–Crippen LogP) is 3.84. The fourth-order valence-electron chi connectivity index (χ4n) is 1.91. The Bertz CT molecular complexity index is 734. The molecule has 0 aliphatic carbocycles. The van der Waals surface area contributed by atoms with E-state index in [9.17, 15) is 0 Å². The number of rotatable bonds is 6. The van der Waals surface area contributed by atoms with Gasteiger partial charge in [-0.2, -0.15) is 0 Å². The summed E-state index contributed by atoms with van der Waals surface area (Å²) in [6.07, 6.45) is 1.09. The fourth-order valence-corrected chi connectivity index (χ4v) is 3.55. The van der Waals surface area contributed by atoms with Crippen LogP contribution in [-0.4, -0.2) is 26.7 Å². The van der Waals surface area contributed by atoms with Crippen LogP contribution in [0.25, 0.3) is 11.0 Å². The average molecular weight is 319 g/mol. The number of benzene rings is 1. The Morgan fingerprint density at radius 1 is 1.33 bits per heavy atom. The number of hydrogen-bond donors (Lipinski definition) is 2. The minimum absolute atomic E-state index is 0.782. The minimum atomic E-state index is 0.782. The third kappa shape index (κ3) is 3.54. The van der Waals surface area contributed by atoms with Crippen LogP contribution in [0, 0.1) is 6.92 Å². The first-order valence-corrected chi connectivity index (χ1v) is 8.70. The monoisotopic (exact) mass is 319 g/mol. The lowest BCUT2D eigenvalue weighted by Gasteiger charge is -1.95. The van der Waals surface area contributed by atoms with Crippen LogP contribution in [0.1, 0.15) is 23.9 Å². The van der Waals surface area contributed by atoms with Crippen LogP contribution in [0.15, 0.2) is 23.4 Å². The van der Waals surface area contributed by atoms with Gasteiger partial charge in [-0.1, -0.05) is 36.1 Å². The fraction of sp³-hybridized carbons (Fsp3) is 0.357. The van der Waals surface area contributed by atoms with E-state index in [0.29, 0.717) is 0 Å². The Labute approximate surface area is 131 Å². The third-order valence-electron chi connectivity index (χ3n) is 2.94. The molecular formula is C14H17N5S2. The van der Waals surface area contributed by atoms with E-state index in [1.165, 1.54) is 5.56 Å². The molecule has 0 unspecified atom stereocenters. The summed E-state index contributed by atoms with van der Waals surface area (Å²) in [4.78, 5) is 7.91. The van der Waals surface area contributed by atoms with Crippen molar-refractivity contribution in [3.63, 3.8) is 0 Å². The molecule has 2 aromatic heterocycles. The Morgan fingerprint density at radius 3 is 3.10 bits per heavy atom. The maximum atomic E-state index is 4.57. The highest BCUT2D eigenvalue weighted by molar-refractivity contribution is 7.98. The first kappa shape index (κ1) is 14.3. The van der Waals surface area contributed by atoms with Gasteiger partial charge in [0.15, 0.2) is 5.16 Å². The van der Waals surface area contributed by atoms with Gasteiger partial charge >= 0.3 is 0 Å². The van der Waals surface area contributed by atoms with Crippen LogP contribution in [0.2, 0.25) is 0 Å². The largest absolute Gasteiger partial charge is 0.360 e. The van der Waals surface area contributed by atoms with Gasteiger partial charge in [0, 0.05) is 6.54 Å². The van der Waals surface area contributed by atoms with Gasteiger partial charge in [-0.15, -0.1) is 10.2 Å². The van der Waals surface area contributed by atoms with Crippen molar-refractivity contribution < 1.29 is 0 Å². The zero-order chi connectivity index (χ0) is 14.7. The third-order valence-corrected chi connectivity index (χ3v) is 4.89. The molecule has 0 saturated carbocycles. The van der Waals surface area contributed by atoms with Crippen molar-refractivity contribution in [2.24, 2.45) is 0 Å². The van der Waals surface area contributed by atoms with E-state index in [4.69, 9.17) is 0 Å². The zero-order valence-electron chi connectivity index (χ0n) is 12.0. The van der Waals surface area contributed by atoms with Crippen molar-refractivity contribution in [1.29, 1.82) is 0 Å². The summed E-state index contributed by atoms with van der Waals surface area (Å²) in [7, 11) is 0. The minimum Gasteiger partial charge on any atom is -0.360 e. The zero-order valence-corrected chi connectivity index (χ0v) is 13.6. The number of anilines is 1. The van der Waals surface area contributed by atoms with Crippen LogP contribution in [-0.2, 0) is 5.75 Å². The first-order chi connectivity index (χ1) is 10.2. The highest BCUT2D eigenvalue weighted by atomic mass is 32.2. The number of aromatic amines is 1. The molecule has 0 spiro atoms. The number of thioether (sulfide) groups is 1. The maximum Gasteiger partial charge on any atom is 0.205 e. The van der Waals surface area contributed by atoms with Gasteiger partial charge < -0.3 is 10.3 Å². The van der Waals surface area contributed by atoms with Crippen LogP contribution in [0.4, 0.5) is 5.13 Å². The van der Waals surface area contributed by atoms with Crippen molar-refractivity contribution in [2.75, 3.05) is 11.9 Å². The van der Waals surface area contributed by atoms with Gasteiger partial charge in [0.1, 0.15) is 5.01 Å². The summed E-state index contributed by atoms with van der Waals surface area (Å²) in [5.74, 6) is 0.782.